The molecule has 23 heavy (non-hydrogen) atoms. The lowest BCUT2D eigenvalue weighted by Gasteiger charge is -2.13. The molecule has 0 aromatic heterocycles. The number of hydrogen-bond acceptors (Lipinski definition) is 3. The summed E-state index contributed by atoms with van der Waals surface area (Å²) in [5.74, 6) is -2.67. The fraction of sp³-hybridized carbons (Fsp3) is 0.250. The molecule has 1 atom stereocenters. The molecule has 2 aromatic carbocycles. The zero-order chi connectivity index (χ0) is 17.0. The summed E-state index contributed by atoms with van der Waals surface area (Å²) in [5, 5.41) is 10.0. The largest absolute Gasteiger partial charge is 0.387 e. The Bertz CT molecular complexity index is 773. The lowest BCUT2D eigenvalue weighted by molar-refractivity contribution is 0.182. The highest BCUT2D eigenvalue weighted by molar-refractivity contribution is 7.88. The highest BCUT2D eigenvalue weighted by atomic mass is 32.2. The van der Waals surface area contributed by atoms with Crippen LogP contribution in [0.5, 0.6) is 0 Å². The number of nitrogens with one attached hydrogen (secondary N) is 1. The maximum absolute atomic E-state index is 13.5. The van der Waals surface area contributed by atoms with Crippen LogP contribution in [-0.2, 0) is 15.8 Å². The van der Waals surface area contributed by atoms with Crippen LogP contribution < -0.4 is 4.72 Å². The van der Waals surface area contributed by atoms with Gasteiger partial charge < -0.3 is 5.11 Å². The van der Waals surface area contributed by atoms with Gasteiger partial charge in [-0.15, -0.1) is 0 Å². The van der Waals surface area contributed by atoms with Gasteiger partial charge in [0, 0.05) is 12.1 Å². The Balaban J connectivity index is 2.04. The van der Waals surface area contributed by atoms with Crippen molar-refractivity contribution in [2.45, 2.75) is 18.8 Å². The Hall–Kier alpha value is -1.83. The second kappa shape index (κ2) is 7.16. The molecule has 2 rings (SSSR count). The average molecular weight is 341 g/mol. The number of sulfonamides is 1. The molecule has 0 aliphatic carbocycles. The first kappa shape index (κ1) is 17.5. The molecule has 0 amide bonds. The van der Waals surface area contributed by atoms with E-state index in [4.69, 9.17) is 0 Å². The van der Waals surface area contributed by atoms with E-state index in [1.54, 1.807) is 18.2 Å². The zero-order valence-corrected chi connectivity index (χ0v) is 13.3. The third-order valence-electron chi connectivity index (χ3n) is 3.32. The maximum Gasteiger partial charge on any atom is 0.216 e. The number of rotatable bonds is 6. The first-order chi connectivity index (χ1) is 10.8. The molecule has 0 heterocycles. The summed E-state index contributed by atoms with van der Waals surface area (Å²) >= 11 is 0. The molecule has 0 spiro atoms. The van der Waals surface area contributed by atoms with Crippen molar-refractivity contribution in [3.63, 3.8) is 0 Å². The van der Waals surface area contributed by atoms with Crippen molar-refractivity contribution in [1.29, 1.82) is 0 Å². The molecule has 0 saturated heterocycles. The topological polar surface area (TPSA) is 66.4 Å². The van der Waals surface area contributed by atoms with Gasteiger partial charge in [0.1, 0.15) is 11.6 Å². The molecule has 0 fully saturated rings. The monoisotopic (exact) mass is 341 g/mol. The summed E-state index contributed by atoms with van der Waals surface area (Å²) in [5.41, 5.74) is 0.965. The zero-order valence-electron chi connectivity index (χ0n) is 12.5. The third-order valence-corrected chi connectivity index (χ3v) is 4.59. The highest BCUT2D eigenvalue weighted by Crippen LogP contribution is 2.16. The van der Waals surface area contributed by atoms with E-state index in [0.29, 0.717) is 5.56 Å². The number of aryl methyl sites for hydroxylation is 1. The molecule has 0 aliphatic heterocycles. The molecule has 7 heteroatoms. The summed E-state index contributed by atoms with van der Waals surface area (Å²) in [7, 11) is -3.98. The fourth-order valence-electron chi connectivity index (χ4n) is 2.11. The first-order valence-electron chi connectivity index (χ1n) is 6.93. The van der Waals surface area contributed by atoms with E-state index < -0.39 is 39.1 Å². The van der Waals surface area contributed by atoms with Crippen molar-refractivity contribution in [3.8, 4) is 0 Å². The van der Waals surface area contributed by atoms with Crippen molar-refractivity contribution in [1.82, 2.24) is 4.72 Å². The minimum absolute atomic E-state index is 0.276. The van der Waals surface area contributed by atoms with E-state index in [-0.39, 0.29) is 6.54 Å². The van der Waals surface area contributed by atoms with Crippen LogP contribution in [0.4, 0.5) is 8.78 Å². The lowest BCUT2D eigenvalue weighted by Crippen LogP contribution is -2.30. The van der Waals surface area contributed by atoms with Crippen LogP contribution in [0, 0.1) is 18.6 Å². The predicted molar refractivity (Wildman–Crippen MR) is 83.1 cm³/mol. The highest BCUT2D eigenvalue weighted by Gasteiger charge is 2.19. The quantitative estimate of drug-likeness (QED) is 0.848. The fourth-order valence-corrected chi connectivity index (χ4v) is 3.28. The standard InChI is InChI=1S/C16H17F2NO3S/c1-11-4-2-5-12(8-11)16(20)9-19-23(21,22)10-13-14(17)6-3-7-15(13)18/h2-8,16,19-20H,9-10H2,1H3. The summed E-state index contributed by atoms with van der Waals surface area (Å²) in [6.45, 7) is 1.57. The summed E-state index contributed by atoms with van der Waals surface area (Å²) in [6.07, 6.45) is -1.05. The van der Waals surface area contributed by atoms with Gasteiger partial charge >= 0.3 is 0 Å². The minimum Gasteiger partial charge on any atom is -0.387 e. The molecule has 4 nitrogen and oxygen atoms in total. The molecule has 2 N–H and O–H groups in total. The number of hydrogen-bond donors (Lipinski definition) is 2. The van der Waals surface area contributed by atoms with Gasteiger partial charge in [0.2, 0.25) is 10.0 Å². The van der Waals surface area contributed by atoms with Gasteiger partial charge in [0.15, 0.2) is 0 Å². The van der Waals surface area contributed by atoms with E-state index in [0.717, 1.165) is 23.8 Å². The van der Waals surface area contributed by atoms with Crippen molar-refractivity contribution < 1.29 is 22.3 Å². The SMILES string of the molecule is Cc1cccc(C(O)CNS(=O)(=O)Cc2c(F)cccc2F)c1. The van der Waals surface area contributed by atoms with Crippen molar-refractivity contribution in [3.05, 3.63) is 70.8 Å². The Morgan fingerprint density at radius 3 is 2.35 bits per heavy atom. The molecule has 0 saturated carbocycles. The molecule has 1 unspecified atom stereocenters. The smallest absolute Gasteiger partial charge is 0.216 e. The molecule has 0 radical (unpaired) electrons. The summed E-state index contributed by atoms with van der Waals surface area (Å²) in [4.78, 5) is 0. The number of halogens is 2. The first-order valence-corrected chi connectivity index (χ1v) is 8.58. The van der Waals surface area contributed by atoms with Gasteiger partial charge in [0.25, 0.3) is 0 Å². The van der Waals surface area contributed by atoms with Crippen LogP contribution in [0.1, 0.15) is 22.8 Å². The van der Waals surface area contributed by atoms with E-state index in [1.807, 2.05) is 13.0 Å². The van der Waals surface area contributed by atoms with Crippen LogP contribution in [0.2, 0.25) is 0 Å². The average Bonchev–Trinajstić information content (AvgIpc) is 2.49. The van der Waals surface area contributed by atoms with Crippen molar-refractivity contribution >= 4 is 10.0 Å². The van der Waals surface area contributed by atoms with Crippen LogP contribution in [0.3, 0.4) is 0 Å². The summed E-state index contributed by atoms with van der Waals surface area (Å²) < 4.78 is 53.1. The van der Waals surface area contributed by atoms with E-state index in [2.05, 4.69) is 4.72 Å². The van der Waals surface area contributed by atoms with Gasteiger partial charge in [-0.05, 0) is 24.6 Å². The second-order valence-corrected chi connectivity index (χ2v) is 7.04. The third kappa shape index (κ3) is 4.82. The number of aliphatic hydroxyl groups excluding tert-OH is 1. The van der Waals surface area contributed by atoms with E-state index in [1.165, 1.54) is 0 Å². The van der Waals surface area contributed by atoms with Crippen LogP contribution in [0.25, 0.3) is 0 Å². The van der Waals surface area contributed by atoms with Crippen molar-refractivity contribution in [2.24, 2.45) is 0 Å². The minimum atomic E-state index is -3.98. The van der Waals surface area contributed by atoms with Gasteiger partial charge in [0.05, 0.1) is 11.9 Å². The molecular weight excluding hydrogens is 324 g/mol. The normalized spacial score (nSPS) is 13.0. The predicted octanol–water partition coefficient (Wildman–Crippen LogP) is 2.43. The number of benzene rings is 2. The number of aliphatic hydroxyl groups is 1. The Morgan fingerprint density at radius 2 is 1.74 bits per heavy atom. The van der Waals surface area contributed by atoms with E-state index in [9.17, 15) is 22.3 Å². The van der Waals surface area contributed by atoms with Crippen LogP contribution in [-0.4, -0.2) is 20.1 Å². The maximum atomic E-state index is 13.5. The Kier molecular flexibility index (Phi) is 5.46. The van der Waals surface area contributed by atoms with Crippen LogP contribution >= 0.6 is 0 Å². The molecule has 0 bridgehead atoms. The molecule has 2 aromatic rings. The van der Waals surface area contributed by atoms with Gasteiger partial charge in [-0.2, -0.15) is 0 Å². The van der Waals surface area contributed by atoms with Gasteiger partial charge in [-0.3, -0.25) is 0 Å². The van der Waals surface area contributed by atoms with Gasteiger partial charge in [-0.1, -0.05) is 35.9 Å². The Morgan fingerprint density at radius 1 is 1.13 bits per heavy atom. The Labute approximate surface area is 133 Å². The van der Waals surface area contributed by atoms with Crippen molar-refractivity contribution in [2.75, 3.05) is 6.54 Å². The molecular formula is C16H17F2NO3S. The van der Waals surface area contributed by atoms with Gasteiger partial charge in [-0.25, -0.2) is 21.9 Å². The van der Waals surface area contributed by atoms with E-state index >= 15 is 0 Å². The summed E-state index contributed by atoms with van der Waals surface area (Å²) in [6, 6.07) is 10.2. The lowest BCUT2D eigenvalue weighted by atomic mass is 10.1. The second-order valence-electron chi connectivity index (χ2n) is 5.24. The molecule has 124 valence electrons. The van der Waals surface area contributed by atoms with Crippen LogP contribution in [0.15, 0.2) is 42.5 Å². The molecule has 0 aliphatic rings.